The van der Waals surface area contributed by atoms with Crippen molar-refractivity contribution < 1.29 is 4.74 Å². The van der Waals surface area contributed by atoms with Crippen molar-refractivity contribution in [2.45, 2.75) is 64.3 Å². The summed E-state index contributed by atoms with van der Waals surface area (Å²) >= 11 is 6.16. The summed E-state index contributed by atoms with van der Waals surface area (Å²) in [6.07, 6.45) is 2.34. The van der Waals surface area contributed by atoms with E-state index in [4.69, 9.17) is 16.3 Å². The first-order chi connectivity index (χ1) is 8.77. The van der Waals surface area contributed by atoms with Gasteiger partial charge in [0.05, 0.1) is 12.7 Å². The van der Waals surface area contributed by atoms with Crippen LogP contribution in [0.1, 0.15) is 46.1 Å². The van der Waals surface area contributed by atoms with E-state index in [1.165, 1.54) is 0 Å². The maximum absolute atomic E-state index is 6.16. The van der Waals surface area contributed by atoms with Crippen LogP contribution in [0.3, 0.4) is 0 Å². The summed E-state index contributed by atoms with van der Waals surface area (Å²) in [5.74, 6) is 0. The Bertz CT molecular complexity index is 426. The van der Waals surface area contributed by atoms with E-state index < -0.39 is 0 Å². The second-order valence-electron chi connectivity index (χ2n) is 6.83. The fraction of sp³-hybridized carbons (Fsp3) is 0.625. The Morgan fingerprint density at radius 3 is 2.32 bits per heavy atom. The van der Waals surface area contributed by atoms with Crippen molar-refractivity contribution in [1.29, 1.82) is 0 Å². The van der Waals surface area contributed by atoms with Crippen molar-refractivity contribution in [2.24, 2.45) is 0 Å². The predicted octanol–water partition coefficient (Wildman–Crippen LogP) is 4.17. The fourth-order valence-corrected chi connectivity index (χ4v) is 3.36. The van der Waals surface area contributed by atoms with Crippen LogP contribution in [0, 0.1) is 0 Å². The van der Waals surface area contributed by atoms with Gasteiger partial charge < -0.3 is 10.1 Å². The van der Waals surface area contributed by atoms with E-state index in [0.29, 0.717) is 6.61 Å². The van der Waals surface area contributed by atoms with Crippen molar-refractivity contribution in [2.75, 3.05) is 0 Å². The third-order valence-corrected chi connectivity index (χ3v) is 3.95. The number of nitrogens with one attached hydrogen (secondary N) is 1. The lowest BCUT2D eigenvalue weighted by Crippen LogP contribution is -2.59. The Kier molecular flexibility index (Phi) is 4.24. The first-order valence-electron chi connectivity index (χ1n) is 6.92. The molecule has 19 heavy (non-hydrogen) atoms. The van der Waals surface area contributed by atoms with Crippen LogP contribution in [-0.2, 0) is 11.3 Å². The summed E-state index contributed by atoms with van der Waals surface area (Å²) in [6.45, 7) is 9.54. The number of hydrogen-bond donors (Lipinski definition) is 1. The van der Waals surface area contributed by atoms with Gasteiger partial charge in [0, 0.05) is 16.1 Å². The Morgan fingerprint density at radius 2 is 1.74 bits per heavy atom. The number of piperidine rings is 1. The van der Waals surface area contributed by atoms with Gasteiger partial charge in [0.2, 0.25) is 0 Å². The molecule has 0 bridgehead atoms. The Balaban J connectivity index is 1.98. The highest BCUT2D eigenvalue weighted by molar-refractivity contribution is 6.31. The topological polar surface area (TPSA) is 21.3 Å². The zero-order valence-corrected chi connectivity index (χ0v) is 13.1. The van der Waals surface area contributed by atoms with E-state index >= 15 is 0 Å². The van der Waals surface area contributed by atoms with Gasteiger partial charge in [-0.3, -0.25) is 0 Å². The molecule has 0 aromatic heterocycles. The van der Waals surface area contributed by atoms with Crippen LogP contribution in [-0.4, -0.2) is 17.2 Å². The second-order valence-corrected chi connectivity index (χ2v) is 7.23. The first-order valence-corrected chi connectivity index (χ1v) is 7.30. The van der Waals surface area contributed by atoms with Crippen LogP contribution < -0.4 is 5.32 Å². The molecule has 1 heterocycles. The van der Waals surface area contributed by atoms with E-state index in [9.17, 15) is 0 Å². The van der Waals surface area contributed by atoms with Gasteiger partial charge in [-0.15, -0.1) is 0 Å². The molecule has 0 saturated carbocycles. The lowest BCUT2D eigenvalue weighted by Gasteiger charge is -2.46. The average molecular weight is 282 g/mol. The predicted molar refractivity (Wildman–Crippen MR) is 80.6 cm³/mol. The summed E-state index contributed by atoms with van der Waals surface area (Å²) in [4.78, 5) is 0. The fourth-order valence-electron chi connectivity index (χ4n) is 3.17. The third-order valence-electron chi connectivity index (χ3n) is 3.59. The quantitative estimate of drug-likeness (QED) is 0.898. The molecule has 1 aliphatic rings. The molecule has 1 N–H and O–H groups in total. The molecular formula is C16H24ClNO. The highest BCUT2D eigenvalue weighted by Crippen LogP contribution is 2.31. The third kappa shape index (κ3) is 4.20. The molecule has 2 nitrogen and oxygen atoms in total. The van der Waals surface area contributed by atoms with Gasteiger partial charge in [-0.05, 0) is 52.2 Å². The molecule has 0 aliphatic carbocycles. The molecule has 0 atom stereocenters. The number of hydrogen-bond acceptors (Lipinski definition) is 2. The first kappa shape index (κ1) is 14.8. The molecule has 1 aliphatic heterocycles. The summed E-state index contributed by atoms with van der Waals surface area (Å²) in [5, 5.41) is 4.45. The van der Waals surface area contributed by atoms with Crippen molar-refractivity contribution in [1.82, 2.24) is 5.32 Å². The van der Waals surface area contributed by atoms with Gasteiger partial charge in [0.15, 0.2) is 0 Å². The standard InChI is InChI=1S/C16H24ClNO/c1-15(2)9-13(10-16(3,4)18-15)19-11-12-7-5-6-8-14(12)17/h5-8,13,18H,9-11H2,1-4H3. The molecule has 1 aromatic carbocycles. The zero-order valence-electron chi connectivity index (χ0n) is 12.3. The zero-order chi connectivity index (χ0) is 14.1. The molecule has 0 radical (unpaired) electrons. The van der Waals surface area contributed by atoms with Gasteiger partial charge in [0.1, 0.15) is 0 Å². The monoisotopic (exact) mass is 281 g/mol. The maximum atomic E-state index is 6.16. The number of ether oxygens (including phenoxy) is 1. The lowest BCUT2D eigenvalue weighted by molar-refractivity contribution is -0.0303. The van der Waals surface area contributed by atoms with Crippen molar-refractivity contribution in [3.05, 3.63) is 34.9 Å². The van der Waals surface area contributed by atoms with Crippen LogP contribution in [0.5, 0.6) is 0 Å². The molecule has 1 fully saturated rings. The van der Waals surface area contributed by atoms with Gasteiger partial charge >= 0.3 is 0 Å². The maximum Gasteiger partial charge on any atom is 0.0735 e. The summed E-state index contributed by atoms with van der Waals surface area (Å²) in [6, 6.07) is 7.89. The van der Waals surface area contributed by atoms with Crippen LogP contribution in [0.4, 0.5) is 0 Å². The Hall–Kier alpha value is -0.570. The van der Waals surface area contributed by atoms with Gasteiger partial charge in [0.25, 0.3) is 0 Å². The average Bonchev–Trinajstić information content (AvgIpc) is 2.23. The molecule has 3 heteroatoms. The minimum atomic E-state index is 0.118. The van der Waals surface area contributed by atoms with E-state index in [1.807, 2.05) is 24.3 Å². The van der Waals surface area contributed by atoms with Gasteiger partial charge in [-0.2, -0.15) is 0 Å². The van der Waals surface area contributed by atoms with Crippen molar-refractivity contribution in [3.63, 3.8) is 0 Å². The molecule has 1 saturated heterocycles. The number of rotatable bonds is 3. The van der Waals surface area contributed by atoms with E-state index in [2.05, 4.69) is 33.0 Å². The smallest absolute Gasteiger partial charge is 0.0735 e. The summed E-state index contributed by atoms with van der Waals surface area (Å²) in [5.41, 5.74) is 1.30. The molecular weight excluding hydrogens is 258 g/mol. The van der Waals surface area contributed by atoms with Crippen LogP contribution in [0.25, 0.3) is 0 Å². The molecule has 106 valence electrons. The van der Waals surface area contributed by atoms with Gasteiger partial charge in [-0.25, -0.2) is 0 Å². The molecule has 0 amide bonds. The molecule has 0 unspecified atom stereocenters. The van der Waals surface area contributed by atoms with E-state index in [-0.39, 0.29) is 17.2 Å². The molecule has 1 aromatic rings. The van der Waals surface area contributed by atoms with Gasteiger partial charge in [-0.1, -0.05) is 29.8 Å². The lowest BCUT2D eigenvalue weighted by atomic mass is 9.81. The highest BCUT2D eigenvalue weighted by atomic mass is 35.5. The summed E-state index contributed by atoms with van der Waals surface area (Å²) in [7, 11) is 0. The Labute approximate surface area is 121 Å². The van der Waals surface area contributed by atoms with E-state index in [0.717, 1.165) is 23.4 Å². The normalized spacial score (nSPS) is 22.4. The van der Waals surface area contributed by atoms with Crippen LogP contribution in [0.2, 0.25) is 5.02 Å². The SMILES string of the molecule is CC1(C)CC(OCc2ccccc2Cl)CC(C)(C)N1. The highest BCUT2D eigenvalue weighted by Gasteiger charge is 2.38. The number of benzene rings is 1. The van der Waals surface area contributed by atoms with Crippen molar-refractivity contribution >= 4 is 11.6 Å². The largest absolute Gasteiger partial charge is 0.373 e. The molecule has 0 spiro atoms. The summed E-state index contributed by atoms with van der Waals surface area (Å²) < 4.78 is 6.10. The minimum absolute atomic E-state index is 0.118. The molecule has 2 rings (SSSR count). The number of halogens is 1. The van der Waals surface area contributed by atoms with Crippen LogP contribution in [0.15, 0.2) is 24.3 Å². The Morgan fingerprint density at radius 1 is 1.16 bits per heavy atom. The van der Waals surface area contributed by atoms with Crippen molar-refractivity contribution in [3.8, 4) is 0 Å². The minimum Gasteiger partial charge on any atom is -0.373 e. The van der Waals surface area contributed by atoms with E-state index in [1.54, 1.807) is 0 Å². The van der Waals surface area contributed by atoms with Crippen LogP contribution >= 0.6 is 11.6 Å². The second kappa shape index (κ2) is 5.43.